The van der Waals surface area contributed by atoms with Crippen LogP contribution in [0.3, 0.4) is 0 Å². The molecule has 0 spiro atoms. The zero-order valence-corrected chi connectivity index (χ0v) is 13.7. The van der Waals surface area contributed by atoms with Crippen LogP contribution in [0.5, 0.6) is 0 Å². The Hall–Kier alpha value is -1.93. The van der Waals surface area contributed by atoms with Crippen molar-refractivity contribution in [3.8, 4) is 0 Å². The van der Waals surface area contributed by atoms with Crippen LogP contribution in [0.25, 0.3) is 0 Å². The second-order valence-electron chi connectivity index (χ2n) is 5.41. The highest BCUT2D eigenvalue weighted by Gasteiger charge is 2.58. The van der Waals surface area contributed by atoms with Gasteiger partial charge in [-0.1, -0.05) is 30.3 Å². The Kier molecular flexibility index (Phi) is 5.61. The van der Waals surface area contributed by atoms with Gasteiger partial charge in [-0.05, 0) is 18.9 Å². The first kappa shape index (κ1) is 18.4. The zero-order chi connectivity index (χ0) is 17.8. The molecular formula is C16H17F3N2O2S. The Balaban J connectivity index is 2.00. The molecule has 1 aromatic heterocycles. The minimum Gasteiger partial charge on any atom is -0.374 e. The van der Waals surface area contributed by atoms with Gasteiger partial charge in [0, 0.05) is 17.6 Å². The largest absolute Gasteiger partial charge is 0.424 e. The fourth-order valence-corrected chi connectivity index (χ4v) is 3.04. The molecule has 2 N–H and O–H groups in total. The van der Waals surface area contributed by atoms with Crippen molar-refractivity contribution >= 4 is 17.2 Å². The van der Waals surface area contributed by atoms with Crippen LogP contribution < -0.4 is 5.32 Å². The number of rotatable bonds is 6. The molecule has 0 aliphatic rings. The van der Waals surface area contributed by atoms with Crippen molar-refractivity contribution in [3.05, 3.63) is 52.0 Å². The van der Waals surface area contributed by atoms with Gasteiger partial charge in [0.1, 0.15) is 5.01 Å². The average Bonchev–Trinajstić information content (AvgIpc) is 2.94. The molecule has 0 aliphatic carbocycles. The van der Waals surface area contributed by atoms with E-state index in [2.05, 4.69) is 10.3 Å². The van der Waals surface area contributed by atoms with Gasteiger partial charge in [-0.15, -0.1) is 11.3 Å². The van der Waals surface area contributed by atoms with E-state index in [0.717, 1.165) is 5.56 Å². The molecule has 4 nitrogen and oxygen atoms in total. The summed E-state index contributed by atoms with van der Waals surface area (Å²) in [6.45, 7) is 1.71. The van der Waals surface area contributed by atoms with E-state index in [0.29, 0.717) is 23.5 Å². The normalized spacial score (nSPS) is 14.2. The van der Waals surface area contributed by atoms with Crippen LogP contribution in [0.15, 0.2) is 35.7 Å². The number of nitrogens with zero attached hydrogens (tertiary/aromatic N) is 1. The van der Waals surface area contributed by atoms with E-state index < -0.39 is 29.1 Å². The number of aliphatic hydroxyl groups is 1. The minimum atomic E-state index is -4.99. The highest BCUT2D eigenvalue weighted by Crippen LogP contribution is 2.42. The molecule has 1 unspecified atom stereocenters. The number of carbonyl (C=O) groups excluding carboxylic acids is 1. The lowest BCUT2D eigenvalue weighted by Crippen LogP contribution is -2.46. The second kappa shape index (κ2) is 7.31. The molecule has 24 heavy (non-hydrogen) atoms. The maximum atomic E-state index is 13.3. The van der Waals surface area contributed by atoms with Gasteiger partial charge in [0.15, 0.2) is 0 Å². The second-order valence-corrected chi connectivity index (χ2v) is 6.27. The topological polar surface area (TPSA) is 62.2 Å². The molecule has 0 radical (unpaired) electrons. The van der Waals surface area contributed by atoms with Crippen LogP contribution in [0, 0.1) is 6.92 Å². The molecule has 0 bridgehead atoms. The van der Waals surface area contributed by atoms with Crippen molar-refractivity contribution in [2.45, 2.75) is 31.5 Å². The summed E-state index contributed by atoms with van der Waals surface area (Å²) in [5.41, 5.74) is -1.95. The van der Waals surface area contributed by atoms with E-state index >= 15 is 0 Å². The first-order chi connectivity index (χ1) is 11.2. The number of nitrogens with one attached hydrogen (secondary N) is 1. The van der Waals surface area contributed by atoms with Gasteiger partial charge < -0.3 is 10.4 Å². The van der Waals surface area contributed by atoms with Gasteiger partial charge >= 0.3 is 6.18 Å². The van der Waals surface area contributed by atoms with Crippen molar-refractivity contribution in [1.82, 2.24) is 10.3 Å². The Morgan fingerprint density at radius 2 is 1.96 bits per heavy atom. The highest BCUT2D eigenvalue weighted by molar-refractivity contribution is 7.09. The lowest BCUT2D eigenvalue weighted by molar-refractivity contribution is -0.267. The van der Waals surface area contributed by atoms with Crippen molar-refractivity contribution in [2.24, 2.45) is 0 Å². The van der Waals surface area contributed by atoms with Crippen molar-refractivity contribution in [3.63, 3.8) is 0 Å². The van der Waals surface area contributed by atoms with Crippen molar-refractivity contribution in [1.29, 1.82) is 0 Å². The number of hydrogen-bond donors (Lipinski definition) is 2. The summed E-state index contributed by atoms with van der Waals surface area (Å²) in [6, 6.07) is 9.24. The Bertz CT molecular complexity index is 688. The molecule has 1 heterocycles. The molecule has 0 saturated heterocycles. The Morgan fingerprint density at radius 1 is 1.29 bits per heavy atom. The van der Waals surface area contributed by atoms with E-state index in [1.807, 2.05) is 30.3 Å². The van der Waals surface area contributed by atoms with Crippen molar-refractivity contribution < 1.29 is 23.1 Å². The fraction of sp³-hybridized carbons (Fsp3) is 0.375. The summed E-state index contributed by atoms with van der Waals surface area (Å²) in [6.07, 6.45) is -5.61. The third kappa shape index (κ3) is 4.33. The fourth-order valence-electron chi connectivity index (χ4n) is 2.13. The van der Waals surface area contributed by atoms with Crippen LogP contribution in [0.2, 0.25) is 0 Å². The maximum absolute atomic E-state index is 13.3. The molecule has 1 aromatic carbocycles. The molecule has 2 aromatic rings. The quantitative estimate of drug-likeness (QED) is 0.835. The summed E-state index contributed by atoms with van der Waals surface area (Å²) < 4.78 is 39.9. The lowest BCUT2D eigenvalue weighted by Gasteiger charge is -2.27. The number of carbonyl (C=O) groups is 1. The number of hydrogen-bond acceptors (Lipinski definition) is 4. The van der Waals surface area contributed by atoms with Gasteiger partial charge in [0.25, 0.3) is 0 Å². The highest BCUT2D eigenvalue weighted by atomic mass is 32.1. The smallest absolute Gasteiger partial charge is 0.374 e. The molecule has 2 rings (SSSR count). The van der Waals surface area contributed by atoms with Crippen LogP contribution in [-0.4, -0.2) is 28.7 Å². The van der Waals surface area contributed by atoms with E-state index in [9.17, 15) is 23.1 Å². The van der Waals surface area contributed by atoms with Crippen LogP contribution >= 0.6 is 11.3 Å². The Labute approximate surface area is 141 Å². The average molecular weight is 358 g/mol. The zero-order valence-electron chi connectivity index (χ0n) is 12.9. The molecule has 1 atom stereocenters. The predicted octanol–water partition coefficient (Wildman–Crippen LogP) is 2.95. The van der Waals surface area contributed by atoms with Gasteiger partial charge in [0.2, 0.25) is 11.5 Å². The predicted molar refractivity (Wildman–Crippen MR) is 84.6 cm³/mol. The number of halogens is 3. The van der Waals surface area contributed by atoms with Crippen LogP contribution in [-0.2, 0) is 16.8 Å². The first-order valence-electron chi connectivity index (χ1n) is 7.25. The molecule has 130 valence electrons. The van der Waals surface area contributed by atoms with Gasteiger partial charge in [-0.3, -0.25) is 4.79 Å². The molecule has 0 fully saturated rings. The number of thiazole rings is 1. The van der Waals surface area contributed by atoms with Gasteiger partial charge in [-0.25, -0.2) is 4.98 Å². The van der Waals surface area contributed by atoms with Gasteiger partial charge in [0.05, 0.1) is 6.42 Å². The maximum Gasteiger partial charge on any atom is 0.424 e. The summed E-state index contributed by atoms with van der Waals surface area (Å²) in [7, 11) is 0. The number of alkyl halides is 3. The van der Waals surface area contributed by atoms with Crippen LogP contribution in [0.4, 0.5) is 13.2 Å². The van der Waals surface area contributed by atoms with E-state index in [1.165, 1.54) is 12.3 Å². The number of amides is 1. The summed E-state index contributed by atoms with van der Waals surface area (Å²) in [5.74, 6) is -0.876. The summed E-state index contributed by atoms with van der Waals surface area (Å²) >= 11 is 0.685. The first-order valence-corrected chi connectivity index (χ1v) is 8.12. The lowest BCUT2D eigenvalue weighted by atomic mass is 9.99. The molecule has 8 heteroatoms. The van der Waals surface area contributed by atoms with Gasteiger partial charge in [-0.2, -0.15) is 13.2 Å². The molecule has 1 amide bonds. The molecular weight excluding hydrogens is 341 g/mol. The van der Waals surface area contributed by atoms with Crippen LogP contribution in [0.1, 0.15) is 22.7 Å². The third-order valence-corrected chi connectivity index (χ3v) is 4.55. The Morgan fingerprint density at radius 3 is 2.50 bits per heavy atom. The monoisotopic (exact) mass is 358 g/mol. The number of aryl methyl sites for hydroxylation is 1. The van der Waals surface area contributed by atoms with E-state index in [1.54, 1.807) is 0 Å². The summed E-state index contributed by atoms with van der Waals surface area (Å²) in [4.78, 5) is 15.6. The number of benzene rings is 1. The van der Waals surface area contributed by atoms with E-state index in [4.69, 9.17) is 0 Å². The molecule has 0 aliphatic heterocycles. The number of aromatic nitrogens is 1. The third-order valence-electron chi connectivity index (χ3n) is 3.44. The molecule has 0 saturated carbocycles. The minimum absolute atomic E-state index is 0.188. The SMILES string of the molecule is Cc1csc(C(O)(CC(=O)NCCc2ccccc2)C(F)(F)F)n1. The summed E-state index contributed by atoms with van der Waals surface area (Å²) in [5, 5.41) is 13.4. The van der Waals surface area contributed by atoms with Crippen molar-refractivity contribution in [2.75, 3.05) is 6.54 Å². The standard InChI is InChI=1S/C16H17F3N2O2S/c1-11-10-24-14(21-11)15(23,16(17,18)19)9-13(22)20-8-7-12-5-3-2-4-6-12/h2-6,10,23H,7-9H2,1H3,(H,20,22). The van der Waals surface area contributed by atoms with E-state index in [-0.39, 0.29) is 6.54 Å².